The van der Waals surface area contributed by atoms with Crippen molar-refractivity contribution in [2.45, 2.75) is 38.5 Å². The van der Waals surface area contributed by atoms with Crippen molar-refractivity contribution in [2.24, 2.45) is 5.92 Å². The molecule has 2 fully saturated rings. The number of rotatable bonds is 5. The predicted octanol–water partition coefficient (Wildman–Crippen LogP) is 2.69. The lowest BCUT2D eigenvalue weighted by Crippen LogP contribution is -2.34. The Bertz CT molecular complexity index is 417. The first-order chi connectivity index (χ1) is 9.31. The Labute approximate surface area is 115 Å². The molecule has 1 saturated carbocycles. The van der Waals surface area contributed by atoms with Gasteiger partial charge in [-0.15, -0.1) is 0 Å². The zero-order chi connectivity index (χ0) is 13.2. The zero-order valence-corrected chi connectivity index (χ0v) is 11.8. The highest BCUT2D eigenvalue weighted by atomic mass is 16.5. The normalized spacial score (nSPS) is 29.9. The van der Waals surface area contributed by atoms with E-state index in [0.717, 1.165) is 24.8 Å². The molecular formula is C16H23NO2. The minimum Gasteiger partial charge on any atom is -0.497 e. The van der Waals surface area contributed by atoms with Crippen molar-refractivity contribution in [2.75, 3.05) is 20.3 Å². The van der Waals surface area contributed by atoms with Crippen LogP contribution in [0.3, 0.4) is 0 Å². The molecule has 0 spiro atoms. The molecule has 1 aliphatic carbocycles. The van der Waals surface area contributed by atoms with Gasteiger partial charge in [0.2, 0.25) is 0 Å². The van der Waals surface area contributed by atoms with Crippen molar-refractivity contribution in [3.05, 3.63) is 29.8 Å². The fourth-order valence-corrected chi connectivity index (χ4v) is 3.64. The summed E-state index contributed by atoms with van der Waals surface area (Å²) < 4.78 is 11.1. The van der Waals surface area contributed by atoms with Crippen LogP contribution in [-0.4, -0.2) is 37.3 Å². The Morgan fingerprint density at radius 1 is 1.21 bits per heavy atom. The first-order valence-electron chi connectivity index (χ1n) is 7.30. The third-order valence-electron chi connectivity index (χ3n) is 4.52. The number of likely N-dealkylation sites (tertiary alicyclic amines) is 1. The van der Waals surface area contributed by atoms with Crippen LogP contribution in [0.25, 0.3) is 0 Å². The summed E-state index contributed by atoms with van der Waals surface area (Å²) in [6, 6.07) is 9.06. The first-order valence-corrected chi connectivity index (χ1v) is 7.30. The third-order valence-corrected chi connectivity index (χ3v) is 4.52. The van der Waals surface area contributed by atoms with Crippen LogP contribution in [-0.2, 0) is 11.3 Å². The number of hydrogen-bond acceptors (Lipinski definition) is 3. The summed E-state index contributed by atoms with van der Waals surface area (Å²) >= 11 is 0. The van der Waals surface area contributed by atoms with Crippen LogP contribution in [0.2, 0.25) is 0 Å². The fraction of sp³-hybridized carbons (Fsp3) is 0.625. The maximum atomic E-state index is 5.93. The molecule has 3 nitrogen and oxygen atoms in total. The van der Waals surface area contributed by atoms with E-state index < -0.39 is 0 Å². The Balaban J connectivity index is 1.64. The summed E-state index contributed by atoms with van der Waals surface area (Å²) in [6.07, 6.45) is 3.11. The smallest absolute Gasteiger partial charge is 0.118 e. The minimum atomic E-state index is 0.475. The van der Waals surface area contributed by atoms with Gasteiger partial charge < -0.3 is 9.47 Å². The molecule has 1 aliphatic heterocycles. The van der Waals surface area contributed by atoms with Gasteiger partial charge >= 0.3 is 0 Å². The summed E-state index contributed by atoms with van der Waals surface area (Å²) in [6.45, 7) is 5.18. The second-order valence-corrected chi connectivity index (χ2v) is 5.60. The quantitative estimate of drug-likeness (QED) is 0.813. The van der Waals surface area contributed by atoms with Crippen LogP contribution in [0.5, 0.6) is 5.75 Å². The molecule has 0 N–H and O–H groups in total. The van der Waals surface area contributed by atoms with Gasteiger partial charge in [0, 0.05) is 25.7 Å². The zero-order valence-electron chi connectivity index (χ0n) is 11.8. The average molecular weight is 261 g/mol. The number of methoxy groups -OCH3 is 1. The Morgan fingerprint density at radius 2 is 2.00 bits per heavy atom. The topological polar surface area (TPSA) is 21.7 Å². The van der Waals surface area contributed by atoms with Gasteiger partial charge in [-0.1, -0.05) is 12.1 Å². The molecule has 1 aromatic carbocycles. The van der Waals surface area contributed by atoms with Crippen LogP contribution in [0.4, 0.5) is 0 Å². The molecule has 3 atom stereocenters. The van der Waals surface area contributed by atoms with Crippen LogP contribution < -0.4 is 4.74 Å². The summed E-state index contributed by atoms with van der Waals surface area (Å²) in [7, 11) is 1.71. The highest BCUT2D eigenvalue weighted by Crippen LogP contribution is 2.40. The molecule has 0 amide bonds. The molecular weight excluding hydrogens is 238 g/mol. The van der Waals surface area contributed by atoms with Crippen molar-refractivity contribution in [3.8, 4) is 5.75 Å². The number of piperidine rings is 1. The molecule has 104 valence electrons. The molecule has 2 bridgehead atoms. The van der Waals surface area contributed by atoms with E-state index in [1.165, 1.54) is 24.9 Å². The SMILES string of the molecule is CCO[C@H]1[C@H]2CC[C@H]1N(Cc1ccc(OC)cc1)C2. The van der Waals surface area contributed by atoms with Gasteiger partial charge in [0.15, 0.2) is 0 Å². The molecule has 3 rings (SSSR count). The molecule has 0 unspecified atom stereocenters. The Morgan fingerprint density at radius 3 is 2.68 bits per heavy atom. The summed E-state index contributed by atoms with van der Waals surface area (Å²) in [5, 5.41) is 0. The van der Waals surface area contributed by atoms with Gasteiger partial charge in [0.1, 0.15) is 5.75 Å². The van der Waals surface area contributed by atoms with Crippen LogP contribution >= 0.6 is 0 Å². The van der Waals surface area contributed by atoms with Gasteiger partial charge in [-0.2, -0.15) is 0 Å². The van der Waals surface area contributed by atoms with E-state index in [9.17, 15) is 0 Å². The van der Waals surface area contributed by atoms with Crippen molar-refractivity contribution in [1.29, 1.82) is 0 Å². The van der Waals surface area contributed by atoms with Gasteiger partial charge in [-0.05, 0) is 43.4 Å². The van der Waals surface area contributed by atoms with Crippen LogP contribution in [0.1, 0.15) is 25.3 Å². The lowest BCUT2D eigenvalue weighted by Gasteiger charge is -2.27. The average Bonchev–Trinajstić information content (AvgIpc) is 2.97. The second-order valence-electron chi connectivity index (χ2n) is 5.60. The number of ether oxygens (including phenoxy) is 2. The molecule has 1 heterocycles. The van der Waals surface area contributed by atoms with E-state index >= 15 is 0 Å². The standard InChI is InChI=1S/C16H23NO2/c1-3-19-16-13-6-9-15(16)17(11-13)10-12-4-7-14(18-2)8-5-12/h4-5,7-8,13,15-16H,3,6,9-11H2,1-2H3/t13-,15+,16-/m0/s1. The second kappa shape index (κ2) is 5.51. The summed E-state index contributed by atoms with van der Waals surface area (Å²) in [5.74, 6) is 1.68. The predicted molar refractivity (Wildman–Crippen MR) is 75.3 cm³/mol. The van der Waals surface area contributed by atoms with Gasteiger partial charge in [-0.3, -0.25) is 4.90 Å². The van der Waals surface area contributed by atoms with E-state index in [1.807, 2.05) is 12.1 Å². The largest absolute Gasteiger partial charge is 0.497 e. The highest BCUT2D eigenvalue weighted by Gasteiger charge is 2.47. The van der Waals surface area contributed by atoms with E-state index in [0.29, 0.717) is 12.1 Å². The van der Waals surface area contributed by atoms with E-state index in [1.54, 1.807) is 7.11 Å². The molecule has 1 saturated heterocycles. The number of fused-ring (bicyclic) bond motifs is 2. The molecule has 3 heteroatoms. The lowest BCUT2D eigenvalue weighted by atomic mass is 10.1. The summed E-state index contributed by atoms with van der Waals surface area (Å²) in [5.41, 5.74) is 1.36. The lowest BCUT2D eigenvalue weighted by molar-refractivity contribution is 0.0350. The molecule has 0 radical (unpaired) electrons. The molecule has 0 aromatic heterocycles. The maximum Gasteiger partial charge on any atom is 0.118 e. The van der Waals surface area contributed by atoms with Gasteiger partial charge in [-0.25, -0.2) is 0 Å². The Kier molecular flexibility index (Phi) is 3.76. The monoisotopic (exact) mass is 261 g/mol. The molecule has 1 aromatic rings. The van der Waals surface area contributed by atoms with E-state index in [2.05, 4.69) is 24.0 Å². The Hall–Kier alpha value is -1.06. The number of hydrogen-bond donors (Lipinski definition) is 0. The van der Waals surface area contributed by atoms with Gasteiger partial charge in [0.05, 0.1) is 13.2 Å². The van der Waals surface area contributed by atoms with Crippen molar-refractivity contribution in [3.63, 3.8) is 0 Å². The van der Waals surface area contributed by atoms with Crippen molar-refractivity contribution in [1.82, 2.24) is 4.90 Å². The van der Waals surface area contributed by atoms with E-state index in [4.69, 9.17) is 9.47 Å². The van der Waals surface area contributed by atoms with Crippen molar-refractivity contribution >= 4 is 0 Å². The van der Waals surface area contributed by atoms with Crippen molar-refractivity contribution < 1.29 is 9.47 Å². The van der Waals surface area contributed by atoms with Gasteiger partial charge in [0.25, 0.3) is 0 Å². The van der Waals surface area contributed by atoms with Crippen LogP contribution in [0.15, 0.2) is 24.3 Å². The molecule has 2 aliphatic rings. The number of benzene rings is 1. The maximum absolute atomic E-state index is 5.93. The highest BCUT2D eigenvalue weighted by molar-refractivity contribution is 5.27. The fourth-order valence-electron chi connectivity index (χ4n) is 3.64. The number of nitrogens with zero attached hydrogens (tertiary/aromatic N) is 1. The molecule has 19 heavy (non-hydrogen) atoms. The first kappa shape index (κ1) is 12.9. The minimum absolute atomic E-state index is 0.475. The van der Waals surface area contributed by atoms with E-state index in [-0.39, 0.29) is 0 Å². The third kappa shape index (κ3) is 2.49. The van der Waals surface area contributed by atoms with Crippen LogP contribution in [0, 0.1) is 5.92 Å². The summed E-state index contributed by atoms with van der Waals surface area (Å²) in [4.78, 5) is 2.59.